The highest BCUT2D eigenvalue weighted by Crippen LogP contribution is 2.23. The Kier molecular flexibility index (Phi) is 4.67. The molecule has 1 N–H and O–H groups in total. The molecule has 0 saturated carbocycles. The molecule has 0 amide bonds. The van der Waals surface area contributed by atoms with Gasteiger partial charge in [-0.15, -0.1) is 0 Å². The summed E-state index contributed by atoms with van der Waals surface area (Å²) in [4.78, 5) is 4.40. The third kappa shape index (κ3) is 2.86. The molecule has 18 heavy (non-hydrogen) atoms. The summed E-state index contributed by atoms with van der Waals surface area (Å²) < 4.78 is 5.32. The summed E-state index contributed by atoms with van der Waals surface area (Å²) in [5.41, 5.74) is 2.30. The molecule has 2 rings (SSSR count). The lowest BCUT2D eigenvalue weighted by Gasteiger charge is -2.19. The number of hydrogen-bond donors (Lipinski definition) is 1. The van der Waals surface area contributed by atoms with Gasteiger partial charge in [-0.25, -0.2) is 0 Å². The second-order valence-corrected chi connectivity index (χ2v) is 4.38. The number of aromatic nitrogens is 1. The van der Waals surface area contributed by atoms with Gasteiger partial charge in [0.2, 0.25) is 0 Å². The Bertz CT molecular complexity index is 493. The summed E-state index contributed by atoms with van der Waals surface area (Å²) in [7, 11) is 1.74. The van der Waals surface area contributed by atoms with Crippen molar-refractivity contribution < 1.29 is 4.74 Å². The van der Waals surface area contributed by atoms with E-state index in [0.717, 1.165) is 18.5 Å². The molecule has 1 aromatic carbocycles. The van der Waals surface area contributed by atoms with E-state index < -0.39 is 0 Å². The molecule has 1 heterocycles. The lowest BCUT2D eigenvalue weighted by molar-refractivity contribution is 0.167. The topological polar surface area (TPSA) is 34.1 Å². The predicted molar refractivity (Wildman–Crippen MR) is 74.7 cm³/mol. The van der Waals surface area contributed by atoms with Gasteiger partial charge in [0.25, 0.3) is 0 Å². The highest BCUT2D eigenvalue weighted by molar-refractivity contribution is 5.82. The minimum Gasteiger partial charge on any atom is -0.383 e. The highest BCUT2D eigenvalue weighted by Gasteiger charge is 2.13. The molecular formula is C15H20N2O. The van der Waals surface area contributed by atoms with Crippen molar-refractivity contribution in [3.05, 3.63) is 42.1 Å². The van der Waals surface area contributed by atoms with Crippen molar-refractivity contribution >= 4 is 10.9 Å². The molecule has 0 aliphatic carbocycles. The number of nitrogens with zero attached hydrogens (tertiary/aromatic N) is 1. The Labute approximate surface area is 108 Å². The first-order chi connectivity index (χ1) is 8.86. The molecule has 3 heteroatoms. The second-order valence-electron chi connectivity index (χ2n) is 4.38. The number of pyridine rings is 1. The fourth-order valence-electron chi connectivity index (χ4n) is 2.17. The van der Waals surface area contributed by atoms with Crippen molar-refractivity contribution in [2.24, 2.45) is 0 Å². The first-order valence-corrected chi connectivity index (χ1v) is 6.42. The molecule has 0 spiro atoms. The van der Waals surface area contributed by atoms with Crippen molar-refractivity contribution in [3.63, 3.8) is 0 Å². The predicted octanol–water partition coefficient (Wildman–Crippen LogP) is 2.92. The molecule has 0 radical (unpaired) electrons. The van der Waals surface area contributed by atoms with Gasteiger partial charge in [0, 0.05) is 18.7 Å². The molecular weight excluding hydrogens is 224 g/mol. The zero-order chi connectivity index (χ0) is 12.8. The molecule has 1 atom stereocenters. The van der Waals surface area contributed by atoms with Gasteiger partial charge in [-0.2, -0.15) is 0 Å². The Morgan fingerprint density at radius 3 is 2.94 bits per heavy atom. The van der Waals surface area contributed by atoms with E-state index in [1.165, 1.54) is 10.9 Å². The fraction of sp³-hybridized carbons (Fsp3) is 0.400. The van der Waals surface area contributed by atoms with Gasteiger partial charge in [-0.1, -0.05) is 25.1 Å². The number of fused-ring (bicyclic) bond motifs is 1. The lowest BCUT2D eigenvalue weighted by atomic mass is 10.0. The summed E-state index contributed by atoms with van der Waals surface area (Å²) >= 11 is 0. The molecule has 1 unspecified atom stereocenters. The van der Waals surface area contributed by atoms with Gasteiger partial charge in [0.15, 0.2) is 0 Å². The fourth-order valence-corrected chi connectivity index (χ4v) is 2.17. The zero-order valence-corrected chi connectivity index (χ0v) is 11.0. The average molecular weight is 244 g/mol. The van der Waals surface area contributed by atoms with Crippen molar-refractivity contribution in [1.29, 1.82) is 0 Å². The number of nitrogens with one attached hydrogen (secondary N) is 1. The average Bonchev–Trinajstić information content (AvgIpc) is 2.43. The monoisotopic (exact) mass is 244 g/mol. The van der Waals surface area contributed by atoms with E-state index in [4.69, 9.17) is 4.74 Å². The zero-order valence-electron chi connectivity index (χ0n) is 11.0. The van der Waals surface area contributed by atoms with Crippen molar-refractivity contribution in [2.75, 3.05) is 20.3 Å². The summed E-state index contributed by atoms with van der Waals surface area (Å²) in [6.45, 7) is 3.83. The molecule has 0 fully saturated rings. The Balaban J connectivity index is 2.36. The van der Waals surface area contributed by atoms with Crippen LogP contribution < -0.4 is 5.32 Å². The van der Waals surface area contributed by atoms with E-state index in [1.807, 2.05) is 18.3 Å². The molecule has 0 aliphatic rings. The molecule has 0 saturated heterocycles. The van der Waals surface area contributed by atoms with Crippen molar-refractivity contribution in [1.82, 2.24) is 10.3 Å². The van der Waals surface area contributed by atoms with Crippen LogP contribution in [0.15, 0.2) is 36.5 Å². The van der Waals surface area contributed by atoms with Crippen LogP contribution in [0.3, 0.4) is 0 Å². The number of methoxy groups -OCH3 is 1. The van der Waals surface area contributed by atoms with E-state index in [0.29, 0.717) is 6.61 Å². The minimum atomic E-state index is 0.225. The largest absolute Gasteiger partial charge is 0.383 e. The quantitative estimate of drug-likeness (QED) is 0.848. The van der Waals surface area contributed by atoms with E-state index in [2.05, 4.69) is 35.4 Å². The van der Waals surface area contributed by atoms with Gasteiger partial charge in [-0.05, 0) is 30.7 Å². The van der Waals surface area contributed by atoms with E-state index >= 15 is 0 Å². The van der Waals surface area contributed by atoms with Gasteiger partial charge in [-0.3, -0.25) is 4.98 Å². The number of rotatable bonds is 6. The van der Waals surface area contributed by atoms with Crippen LogP contribution in [-0.2, 0) is 4.74 Å². The SMILES string of the molecule is CCCNC(COC)c1cccc2ncccc12. The van der Waals surface area contributed by atoms with E-state index in [9.17, 15) is 0 Å². The van der Waals surface area contributed by atoms with Crippen molar-refractivity contribution in [3.8, 4) is 0 Å². The van der Waals surface area contributed by atoms with Gasteiger partial charge in [0.05, 0.1) is 18.2 Å². The van der Waals surface area contributed by atoms with Crippen LogP contribution in [0.1, 0.15) is 24.9 Å². The van der Waals surface area contributed by atoms with Crippen LogP contribution in [-0.4, -0.2) is 25.2 Å². The highest BCUT2D eigenvalue weighted by atomic mass is 16.5. The molecule has 0 bridgehead atoms. The number of benzene rings is 1. The number of ether oxygens (including phenoxy) is 1. The third-order valence-corrected chi connectivity index (χ3v) is 3.03. The summed E-state index contributed by atoms with van der Waals surface area (Å²) in [6, 6.07) is 10.6. The summed E-state index contributed by atoms with van der Waals surface area (Å²) in [5.74, 6) is 0. The van der Waals surface area contributed by atoms with Crippen LogP contribution in [0.2, 0.25) is 0 Å². The van der Waals surface area contributed by atoms with E-state index in [1.54, 1.807) is 7.11 Å². The maximum Gasteiger partial charge on any atom is 0.0705 e. The normalized spacial score (nSPS) is 12.8. The van der Waals surface area contributed by atoms with Gasteiger partial charge in [0.1, 0.15) is 0 Å². The van der Waals surface area contributed by atoms with E-state index in [-0.39, 0.29) is 6.04 Å². The molecule has 2 aromatic rings. The maximum absolute atomic E-state index is 5.32. The van der Waals surface area contributed by atoms with Gasteiger partial charge < -0.3 is 10.1 Å². The molecule has 1 aromatic heterocycles. The molecule has 3 nitrogen and oxygen atoms in total. The second kappa shape index (κ2) is 6.47. The lowest BCUT2D eigenvalue weighted by Crippen LogP contribution is -2.26. The van der Waals surface area contributed by atoms with Crippen LogP contribution in [0.5, 0.6) is 0 Å². The molecule has 96 valence electrons. The Morgan fingerprint density at radius 2 is 2.17 bits per heavy atom. The van der Waals surface area contributed by atoms with Crippen LogP contribution in [0.4, 0.5) is 0 Å². The number of hydrogen-bond acceptors (Lipinski definition) is 3. The minimum absolute atomic E-state index is 0.225. The smallest absolute Gasteiger partial charge is 0.0705 e. The molecule has 0 aliphatic heterocycles. The van der Waals surface area contributed by atoms with Crippen LogP contribution in [0, 0.1) is 0 Å². The Hall–Kier alpha value is -1.45. The Morgan fingerprint density at radius 1 is 1.28 bits per heavy atom. The first kappa shape index (κ1) is 13.0. The third-order valence-electron chi connectivity index (χ3n) is 3.03. The first-order valence-electron chi connectivity index (χ1n) is 6.42. The van der Waals surface area contributed by atoms with Crippen LogP contribution >= 0.6 is 0 Å². The van der Waals surface area contributed by atoms with Crippen molar-refractivity contribution in [2.45, 2.75) is 19.4 Å². The maximum atomic E-state index is 5.32. The summed E-state index contributed by atoms with van der Waals surface area (Å²) in [5, 5.41) is 4.73. The standard InChI is InChI=1S/C15H20N2O/c1-3-9-16-15(11-18-2)13-6-4-8-14-12(13)7-5-10-17-14/h4-8,10,15-16H,3,9,11H2,1-2H3. The van der Waals surface area contributed by atoms with Crippen LogP contribution in [0.25, 0.3) is 10.9 Å². The van der Waals surface area contributed by atoms with Gasteiger partial charge >= 0.3 is 0 Å². The summed E-state index contributed by atoms with van der Waals surface area (Å²) in [6.07, 6.45) is 2.94.